The Morgan fingerprint density at radius 2 is 2.00 bits per heavy atom. The van der Waals surface area contributed by atoms with Gasteiger partial charge in [-0.1, -0.05) is 24.3 Å². The summed E-state index contributed by atoms with van der Waals surface area (Å²) in [6.45, 7) is 2.08. The SMILES string of the molecule is Cc1ccccc1C1CCc2nn(C34CC(F)(C3)C4)c(=O)n21. The van der Waals surface area contributed by atoms with Crippen LogP contribution in [0.15, 0.2) is 29.1 Å². The van der Waals surface area contributed by atoms with Gasteiger partial charge in [0.25, 0.3) is 0 Å². The molecule has 0 radical (unpaired) electrons. The van der Waals surface area contributed by atoms with E-state index in [4.69, 9.17) is 0 Å². The van der Waals surface area contributed by atoms with Crippen molar-refractivity contribution in [2.45, 2.75) is 56.3 Å². The van der Waals surface area contributed by atoms with Crippen LogP contribution in [-0.2, 0) is 12.0 Å². The van der Waals surface area contributed by atoms with E-state index in [9.17, 15) is 9.18 Å². The van der Waals surface area contributed by atoms with Gasteiger partial charge in [0.15, 0.2) is 0 Å². The Labute approximate surface area is 127 Å². The lowest BCUT2D eigenvalue weighted by Gasteiger charge is -2.64. The third-order valence-electron chi connectivity index (χ3n) is 5.77. The van der Waals surface area contributed by atoms with Crippen LogP contribution in [0.3, 0.4) is 0 Å². The number of fused-ring (bicyclic) bond motifs is 1. The predicted octanol–water partition coefficient (Wildman–Crippen LogP) is 2.49. The summed E-state index contributed by atoms with van der Waals surface area (Å²) in [5.41, 5.74) is 1.01. The second-order valence-corrected chi connectivity index (χ2v) is 7.30. The zero-order valence-electron chi connectivity index (χ0n) is 12.6. The van der Waals surface area contributed by atoms with Crippen molar-refractivity contribution in [2.75, 3.05) is 0 Å². The standard InChI is InChI=1S/C17H18FN3O/c1-11-4-2-3-5-12(11)13-6-7-14-19-21(15(22)20(13)14)17-8-16(18,9-17)10-17/h2-5,13H,6-10H2,1H3. The summed E-state index contributed by atoms with van der Waals surface area (Å²) in [4.78, 5) is 12.9. The van der Waals surface area contributed by atoms with Crippen LogP contribution in [0.2, 0.25) is 0 Å². The van der Waals surface area contributed by atoms with Gasteiger partial charge in [-0.3, -0.25) is 4.57 Å². The van der Waals surface area contributed by atoms with Crippen LogP contribution in [-0.4, -0.2) is 20.0 Å². The molecule has 2 aromatic rings. The molecule has 1 aromatic heterocycles. The van der Waals surface area contributed by atoms with Crippen LogP contribution in [0.25, 0.3) is 0 Å². The van der Waals surface area contributed by atoms with Crippen molar-refractivity contribution in [3.63, 3.8) is 0 Å². The first-order valence-corrected chi connectivity index (χ1v) is 7.97. The Hall–Kier alpha value is -1.91. The Balaban J connectivity index is 1.60. The summed E-state index contributed by atoms with van der Waals surface area (Å²) in [5.74, 6) is 0.857. The Kier molecular flexibility index (Phi) is 2.12. The molecule has 1 aromatic carbocycles. The number of benzene rings is 1. The second kappa shape index (κ2) is 3.70. The molecule has 4 nitrogen and oxygen atoms in total. The molecule has 114 valence electrons. The van der Waals surface area contributed by atoms with E-state index >= 15 is 0 Å². The van der Waals surface area contributed by atoms with Gasteiger partial charge >= 0.3 is 5.69 Å². The smallest absolute Gasteiger partial charge is 0.271 e. The van der Waals surface area contributed by atoms with E-state index in [1.165, 1.54) is 11.1 Å². The highest BCUT2D eigenvalue weighted by molar-refractivity contribution is 5.31. The van der Waals surface area contributed by atoms with Gasteiger partial charge in [0, 0.05) is 25.7 Å². The first-order valence-electron chi connectivity index (χ1n) is 7.97. The quantitative estimate of drug-likeness (QED) is 0.854. The van der Waals surface area contributed by atoms with Gasteiger partial charge < -0.3 is 0 Å². The molecule has 5 heteroatoms. The van der Waals surface area contributed by atoms with Crippen molar-refractivity contribution >= 4 is 0 Å². The highest BCUT2D eigenvalue weighted by Crippen LogP contribution is 2.66. The number of aryl methyl sites for hydroxylation is 2. The summed E-state index contributed by atoms with van der Waals surface area (Å²) in [6.07, 6.45) is 3.13. The van der Waals surface area contributed by atoms with Crippen LogP contribution in [0.1, 0.15) is 48.7 Å². The van der Waals surface area contributed by atoms with Crippen LogP contribution >= 0.6 is 0 Å². The molecule has 3 fully saturated rings. The first-order chi connectivity index (χ1) is 10.5. The third kappa shape index (κ3) is 1.37. The minimum Gasteiger partial charge on any atom is -0.271 e. The Morgan fingerprint density at radius 3 is 2.68 bits per heavy atom. The molecule has 1 aliphatic heterocycles. The van der Waals surface area contributed by atoms with Crippen LogP contribution < -0.4 is 5.69 Å². The molecule has 4 aliphatic rings. The van der Waals surface area contributed by atoms with Crippen molar-refractivity contribution in [3.8, 4) is 0 Å². The maximum atomic E-state index is 13.8. The van der Waals surface area contributed by atoms with Gasteiger partial charge in [-0.15, -0.1) is 0 Å². The zero-order valence-corrected chi connectivity index (χ0v) is 12.6. The number of alkyl halides is 1. The molecule has 3 saturated carbocycles. The molecular weight excluding hydrogens is 281 g/mol. The molecule has 6 rings (SSSR count). The highest BCUT2D eigenvalue weighted by Gasteiger charge is 2.71. The fourth-order valence-electron chi connectivity index (χ4n) is 4.70. The summed E-state index contributed by atoms with van der Waals surface area (Å²) in [5, 5.41) is 4.56. The fraction of sp³-hybridized carbons (Fsp3) is 0.529. The van der Waals surface area contributed by atoms with E-state index in [1.54, 1.807) is 4.68 Å². The first kappa shape index (κ1) is 12.6. The van der Waals surface area contributed by atoms with E-state index < -0.39 is 5.67 Å². The third-order valence-corrected chi connectivity index (χ3v) is 5.77. The monoisotopic (exact) mass is 299 g/mol. The van der Waals surface area contributed by atoms with Gasteiger partial charge in [-0.05, 0) is 24.5 Å². The zero-order chi connectivity index (χ0) is 15.1. The van der Waals surface area contributed by atoms with Crippen LogP contribution in [0.4, 0.5) is 4.39 Å². The molecule has 2 heterocycles. The molecule has 0 saturated heterocycles. The highest BCUT2D eigenvalue weighted by atomic mass is 19.1. The van der Waals surface area contributed by atoms with Crippen molar-refractivity contribution < 1.29 is 4.39 Å². The largest absolute Gasteiger partial charge is 0.347 e. The number of rotatable bonds is 2. The molecule has 1 atom stereocenters. The number of hydrogen-bond donors (Lipinski definition) is 0. The minimum absolute atomic E-state index is 0.0532. The lowest BCUT2D eigenvalue weighted by Crippen LogP contribution is -2.72. The number of hydrogen-bond acceptors (Lipinski definition) is 2. The Morgan fingerprint density at radius 1 is 1.27 bits per heavy atom. The maximum absolute atomic E-state index is 13.8. The lowest BCUT2D eigenvalue weighted by atomic mass is 9.47. The lowest BCUT2D eigenvalue weighted by molar-refractivity contribution is -0.205. The van der Waals surface area contributed by atoms with Gasteiger partial charge in [0.1, 0.15) is 11.5 Å². The van der Waals surface area contributed by atoms with Gasteiger partial charge in [-0.2, -0.15) is 5.10 Å². The van der Waals surface area contributed by atoms with E-state index in [-0.39, 0.29) is 17.3 Å². The van der Waals surface area contributed by atoms with E-state index in [0.717, 1.165) is 18.7 Å². The van der Waals surface area contributed by atoms with Crippen molar-refractivity contribution in [2.24, 2.45) is 0 Å². The molecule has 0 amide bonds. The fourth-order valence-corrected chi connectivity index (χ4v) is 4.70. The number of aromatic nitrogens is 3. The van der Waals surface area contributed by atoms with Crippen molar-refractivity contribution in [1.82, 2.24) is 14.3 Å². The van der Waals surface area contributed by atoms with Crippen molar-refractivity contribution in [1.29, 1.82) is 0 Å². The van der Waals surface area contributed by atoms with Crippen LogP contribution in [0, 0.1) is 6.92 Å². The normalized spacial score (nSPS) is 34.9. The molecule has 3 aliphatic carbocycles. The van der Waals surface area contributed by atoms with Crippen molar-refractivity contribution in [3.05, 3.63) is 51.7 Å². The minimum atomic E-state index is -1.01. The maximum Gasteiger partial charge on any atom is 0.347 e. The van der Waals surface area contributed by atoms with Gasteiger partial charge in [0.2, 0.25) is 0 Å². The van der Waals surface area contributed by atoms with E-state index in [0.29, 0.717) is 19.3 Å². The van der Waals surface area contributed by atoms with Crippen LogP contribution in [0.5, 0.6) is 0 Å². The summed E-state index contributed by atoms with van der Waals surface area (Å²) < 4.78 is 17.2. The number of halogens is 1. The average molecular weight is 299 g/mol. The molecule has 1 unspecified atom stereocenters. The molecule has 0 N–H and O–H groups in total. The number of nitrogens with zero attached hydrogens (tertiary/aromatic N) is 3. The topological polar surface area (TPSA) is 39.8 Å². The second-order valence-electron chi connectivity index (χ2n) is 7.30. The molecule has 2 bridgehead atoms. The molecule has 22 heavy (non-hydrogen) atoms. The predicted molar refractivity (Wildman–Crippen MR) is 79.8 cm³/mol. The van der Waals surface area contributed by atoms with Gasteiger partial charge in [-0.25, -0.2) is 13.9 Å². The van der Waals surface area contributed by atoms with Gasteiger partial charge in [0.05, 0.1) is 11.6 Å². The average Bonchev–Trinajstić information content (AvgIpc) is 2.96. The Bertz CT molecular complexity index is 830. The summed E-state index contributed by atoms with van der Waals surface area (Å²) in [6, 6.07) is 8.28. The van der Waals surface area contributed by atoms with E-state index in [1.807, 2.05) is 16.7 Å². The molecule has 0 spiro atoms. The summed E-state index contributed by atoms with van der Waals surface area (Å²) in [7, 11) is 0. The van der Waals surface area contributed by atoms with E-state index in [2.05, 4.69) is 24.2 Å². The molecular formula is C17H18FN3O. The summed E-state index contributed by atoms with van der Waals surface area (Å²) >= 11 is 0.